The van der Waals surface area contributed by atoms with Crippen LogP contribution >= 0.6 is 0 Å². The second-order valence-electron chi connectivity index (χ2n) is 6.90. The first kappa shape index (κ1) is 19.8. The molecular weight excluding hydrogens is 302 g/mol. The van der Waals surface area contributed by atoms with E-state index < -0.39 is 11.7 Å². The lowest BCUT2D eigenvalue weighted by Crippen LogP contribution is -2.32. The van der Waals surface area contributed by atoms with Gasteiger partial charge in [-0.25, -0.2) is 4.79 Å². The topological polar surface area (TPSA) is 58.6 Å². The van der Waals surface area contributed by atoms with Crippen LogP contribution in [0.15, 0.2) is 41.7 Å². The molecule has 0 aliphatic heterocycles. The highest BCUT2D eigenvalue weighted by molar-refractivity contribution is 5.76. The molecule has 0 saturated carbocycles. The van der Waals surface area contributed by atoms with Crippen molar-refractivity contribution < 1.29 is 14.6 Å². The first-order valence-corrected chi connectivity index (χ1v) is 8.25. The highest BCUT2D eigenvalue weighted by Gasteiger charge is 2.15. The van der Waals surface area contributed by atoms with E-state index in [0.29, 0.717) is 6.54 Å². The number of hydrogen-bond donors (Lipinski definition) is 2. The Hall–Kier alpha value is -2.23. The monoisotopic (exact) mass is 331 g/mol. The van der Waals surface area contributed by atoms with E-state index in [0.717, 1.165) is 23.1 Å². The van der Waals surface area contributed by atoms with E-state index in [1.807, 2.05) is 58.0 Å². The minimum Gasteiger partial charge on any atom is -0.512 e. The molecule has 4 heteroatoms. The molecule has 0 atom stereocenters. The van der Waals surface area contributed by atoms with Gasteiger partial charge in [0.2, 0.25) is 0 Å². The van der Waals surface area contributed by atoms with Crippen LogP contribution in [0, 0.1) is 0 Å². The summed E-state index contributed by atoms with van der Waals surface area (Å²) in [5, 5.41) is 12.7. The Labute approximate surface area is 145 Å². The summed E-state index contributed by atoms with van der Waals surface area (Å²) in [7, 11) is 0. The third-order valence-electron chi connectivity index (χ3n) is 3.41. The molecule has 24 heavy (non-hydrogen) atoms. The molecule has 1 amide bonds. The van der Waals surface area contributed by atoms with Crippen LogP contribution < -0.4 is 5.32 Å². The average Bonchev–Trinajstić information content (AvgIpc) is 2.48. The van der Waals surface area contributed by atoms with Gasteiger partial charge in [0, 0.05) is 12.1 Å². The number of benzene rings is 1. The van der Waals surface area contributed by atoms with Gasteiger partial charge in [-0.3, -0.25) is 0 Å². The molecule has 4 nitrogen and oxygen atoms in total. The zero-order chi connectivity index (χ0) is 18.3. The summed E-state index contributed by atoms with van der Waals surface area (Å²) in [6.07, 6.45) is 2.48. The highest BCUT2D eigenvalue weighted by Crippen LogP contribution is 2.22. The van der Waals surface area contributed by atoms with Gasteiger partial charge in [-0.2, -0.15) is 0 Å². The number of rotatable bonds is 5. The Bertz CT molecular complexity index is 633. The molecular formula is C20H29NO3. The molecule has 0 saturated heterocycles. The normalized spacial score (nSPS) is 13.3. The van der Waals surface area contributed by atoms with Gasteiger partial charge in [0.25, 0.3) is 0 Å². The van der Waals surface area contributed by atoms with Crippen molar-refractivity contribution in [1.82, 2.24) is 5.32 Å². The van der Waals surface area contributed by atoms with Gasteiger partial charge >= 0.3 is 6.09 Å². The Morgan fingerprint density at radius 3 is 2.50 bits per heavy atom. The van der Waals surface area contributed by atoms with Gasteiger partial charge < -0.3 is 15.2 Å². The minimum atomic E-state index is -0.516. The van der Waals surface area contributed by atoms with E-state index in [4.69, 9.17) is 4.74 Å². The molecule has 0 aliphatic carbocycles. The molecule has 0 unspecified atom stereocenters. The van der Waals surface area contributed by atoms with Crippen molar-refractivity contribution in [2.24, 2.45) is 0 Å². The fraction of sp³-hybridized carbons (Fsp3) is 0.450. The number of amides is 1. The number of alkyl carbamates (subject to hydrolysis) is 1. The number of ether oxygens (including phenoxy) is 1. The lowest BCUT2D eigenvalue weighted by atomic mass is 9.99. The van der Waals surface area contributed by atoms with Crippen molar-refractivity contribution >= 4 is 11.7 Å². The summed E-state index contributed by atoms with van der Waals surface area (Å²) in [5.74, 6) is 0.278. The Morgan fingerprint density at radius 1 is 1.29 bits per heavy atom. The number of nitrogens with one attached hydrogen (secondary N) is 1. The van der Waals surface area contributed by atoms with Crippen LogP contribution in [0.5, 0.6) is 0 Å². The van der Waals surface area contributed by atoms with E-state index >= 15 is 0 Å². The summed E-state index contributed by atoms with van der Waals surface area (Å²) in [5.41, 5.74) is 3.34. The molecule has 1 aromatic rings. The van der Waals surface area contributed by atoms with Gasteiger partial charge in [0.15, 0.2) is 0 Å². The maximum absolute atomic E-state index is 11.8. The first-order chi connectivity index (χ1) is 11.1. The first-order valence-electron chi connectivity index (χ1n) is 8.25. The zero-order valence-electron chi connectivity index (χ0n) is 15.6. The quantitative estimate of drug-likeness (QED) is 0.564. The summed E-state index contributed by atoms with van der Waals surface area (Å²) < 4.78 is 5.23. The molecule has 0 fully saturated rings. The highest BCUT2D eigenvalue weighted by atomic mass is 16.6. The van der Waals surface area contributed by atoms with Gasteiger partial charge in [-0.15, -0.1) is 0 Å². The fourth-order valence-electron chi connectivity index (χ4n) is 2.08. The van der Waals surface area contributed by atoms with Gasteiger partial charge in [-0.1, -0.05) is 36.8 Å². The van der Waals surface area contributed by atoms with E-state index in [2.05, 4.69) is 12.2 Å². The second-order valence-corrected chi connectivity index (χ2v) is 6.90. The zero-order valence-corrected chi connectivity index (χ0v) is 15.6. The second kappa shape index (κ2) is 8.57. The number of carbonyl (C=O) groups excluding carboxylic acids is 1. The van der Waals surface area contributed by atoms with Crippen molar-refractivity contribution in [3.8, 4) is 0 Å². The molecule has 0 aliphatic rings. The molecule has 1 aromatic carbocycles. The Kier molecular flexibility index (Phi) is 7.08. The molecule has 0 aromatic heterocycles. The van der Waals surface area contributed by atoms with E-state index in [1.54, 1.807) is 6.92 Å². The Balaban J connectivity index is 2.90. The molecule has 0 spiro atoms. The van der Waals surface area contributed by atoms with Crippen LogP contribution in [0.4, 0.5) is 4.79 Å². The van der Waals surface area contributed by atoms with Gasteiger partial charge in [0.1, 0.15) is 5.60 Å². The third kappa shape index (κ3) is 6.90. The van der Waals surface area contributed by atoms with Crippen LogP contribution in [-0.2, 0) is 11.3 Å². The number of allylic oxidation sites excluding steroid dienone is 4. The largest absolute Gasteiger partial charge is 0.512 e. The summed E-state index contributed by atoms with van der Waals surface area (Å²) >= 11 is 0. The van der Waals surface area contributed by atoms with Crippen molar-refractivity contribution in [2.75, 3.05) is 0 Å². The summed E-state index contributed by atoms with van der Waals surface area (Å²) in [6, 6.07) is 7.76. The minimum absolute atomic E-state index is 0.278. The van der Waals surface area contributed by atoms with Crippen molar-refractivity contribution in [3.63, 3.8) is 0 Å². The molecule has 0 heterocycles. The third-order valence-corrected chi connectivity index (χ3v) is 3.41. The summed E-state index contributed by atoms with van der Waals surface area (Å²) in [6.45, 7) is 11.7. The molecule has 2 N–H and O–H groups in total. The van der Waals surface area contributed by atoms with Crippen LogP contribution in [0.2, 0.25) is 0 Å². The average molecular weight is 331 g/mol. The fourth-order valence-corrected chi connectivity index (χ4v) is 2.08. The number of carbonyl (C=O) groups is 1. The van der Waals surface area contributed by atoms with Crippen molar-refractivity contribution in [1.29, 1.82) is 0 Å². The van der Waals surface area contributed by atoms with Gasteiger partial charge in [0.05, 0.1) is 5.76 Å². The van der Waals surface area contributed by atoms with Crippen molar-refractivity contribution in [3.05, 3.63) is 52.8 Å². The molecule has 132 valence electrons. The lowest BCUT2D eigenvalue weighted by molar-refractivity contribution is 0.0523. The maximum Gasteiger partial charge on any atom is 0.407 e. The lowest BCUT2D eigenvalue weighted by Gasteiger charge is -2.19. The standard InChI is InChI=1S/C20H29NO3/c1-7-14(2)11-18(15(3)22)17-10-8-9-16(12-17)13-21-19(23)24-20(4,5)6/h8-12,22H,7,13H2,1-6H3,(H,21,23)/b14-11-,18-15-. The SMILES string of the molecule is CC/C(C)=C\C(=C(/C)O)c1cccc(CNC(=O)OC(C)(C)C)c1. The summed E-state index contributed by atoms with van der Waals surface area (Å²) in [4.78, 5) is 11.8. The van der Waals surface area contributed by atoms with Crippen LogP contribution in [-0.4, -0.2) is 16.8 Å². The van der Waals surface area contributed by atoms with Crippen LogP contribution in [0.1, 0.15) is 59.1 Å². The molecule has 0 radical (unpaired) electrons. The van der Waals surface area contributed by atoms with E-state index in [-0.39, 0.29) is 5.76 Å². The number of aliphatic hydroxyl groups excluding tert-OH is 1. The van der Waals surface area contributed by atoms with Crippen molar-refractivity contribution in [2.45, 2.75) is 60.1 Å². The number of hydrogen-bond acceptors (Lipinski definition) is 3. The van der Waals surface area contributed by atoms with Gasteiger partial charge in [-0.05, 0) is 58.2 Å². The maximum atomic E-state index is 11.8. The van der Waals surface area contributed by atoms with E-state index in [1.165, 1.54) is 5.57 Å². The number of aliphatic hydroxyl groups is 1. The van der Waals surface area contributed by atoms with Crippen LogP contribution in [0.25, 0.3) is 5.57 Å². The molecule has 1 rings (SSSR count). The predicted octanol–water partition coefficient (Wildman–Crippen LogP) is 5.36. The molecule has 0 bridgehead atoms. The van der Waals surface area contributed by atoms with Crippen LogP contribution in [0.3, 0.4) is 0 Å². The van der Waals surface area contributed by atoms with E-state index in [9.17, 15) is 9.90 Å². The predicted molar refractivity (Wildman–Crippen MR) is 98.8 cm³/mol. The smallest absolute Gasteiger partial charge is 0.407 e. The Morgan fingerprint density at radius 2 is 1.96 bits per heavy atom.